The van der Waals surface area contributed by atoms with Crippen molar-refractivity contribution in [2.24, 2.45) is 5.41 Å². The van der Waals surface area contributed by atoms with Crippen LogP contribution in [-0.2, 0) is 4.74 Å². The van der Waals surface area contributed by atoms with E-state index in [1.165, 1.54) is 0 Å². The summed E-state index contributed by atoms with van der Waals surface area (Å²) in [7, 11) is 0. The molecule has 2 aliphatic rings. The minimum atomic E-state index is 0.137. The van der Waals surface area contributed by atoms with Gasteiger partial charge in [0.15, 0.2) is 0 Å². The molecule has 17 heavy (non-hydrogen) atoms. The molecule has 0 radical (unpaired) electrons. The molecule has 1 aromatic rings. The molecule has 2 heterocycles. The van der Waals surface area contributed by atoms with Crippen molar-refractivity contribution < 1.29 is 9.53 Å². The van der Waals surface area contributed by atoms with Crippen LogP contribution in [0.15, 0.2) is 22.7 Å². The lowest BCUT2D eigenvalue weighted by Gasteiger charge is -2.54. The molecule has 3 rings (SSSR count). The van der Waals surface area contributed by atoms with Gasteiger partial charge in [-0.15, -0.1) is 0 Å². The van der Waals surface area contributed by atoms with E-state index in [0.717, 1.165) is 41.9 Å². The molecule has 0 unspecified atom stereocenters. The van der Waals surface area contributed by atoms with Gasteiger partial charge in [-0.2, -0.15) is 0 Å². The lowest BCUT2D eigenvalue weighted by molar-refractivity contribution is -0.176. The second-order valence-electron chi connectivity index (χ2n) is 5.12. The van der Waals surface area contributed by atoms with Crippen LogP contribution in [0.5, 0.6) is 0 Å². The summed E-state index contributed by atoms with van der Waals surface area (Å²) in [5, 5.41) is 0. The second kappa shape index (κ2) is 3.82. The summed E-state index contributed by atoms with van der Waals surface area (Å²) in [6, 6.07) is 5.75. The molecule has 0 bridgehead atoms. The molecule has 2 fully saturated rings. The molecule has 0 aromatic heterocycles. The predicted octanol–water partition coefficient (Wildman–Crippen LogP) is 2.23. The van der Waals surface area contributed by atoms with Crippen molar-refractivity contribution in [2.45, 2.75) is 6.92 Å². The molecule has 4 heteroatoms. The number of rotatable bonds is 1. The van der Waals surface area contributed by atoms with Crippen LogP contribution >= 0.6 is 15.9 Å². The minimum Gasteiger partial charge on any atom is -0.380 e. The Hall–Kier alpha value is -0.870. The Labute approximate surface area is 109 Å². The van der Waals surface area contributed by atoms with E-state index in [1.54, 1.807) is 0 Å². The first-order chi connectivity index (χ1) is 8.10. The van der Waals surface area contributed by atoms with Crippen molar-refractivity contribution in [3.8, 4) is 0 Å². The molecule has 2 aliphatic heterocycles. The molecule has 0 N–H and O–H groups in total. The number of benzene rings is 1. The van der Waals surface area contributed by atoms with E-state index in [-0.39, 0.29) is 5.91 Å². The second-order valence-corrected chi connectivity index (χ2v) is 5.97. The molecular weight excluding hydrogens is 282 g/mol. The maximum absolute atomic E-state index is 12.2. The van der Waals surface area contributed by atoms with E-state index in [2.05, 4.69) is 15.9 Å². The van der Waals surface area contributed by atoms with Crippen molar-refractivity contribution in [2.75, 3.05) is 26.3 Å². The number of carbonyl (C=O) groups excluding carboxylic acids is 1. The van der Waals surface area contributed by atoms with E-state index in [1.807, 2.05) is 30.0 Å². The molecule has 3 nitrogen and oxygen atoms in total. The van der Waals surface area contributed by atoms with Crippen molar-refractivity contribution in [3.05, 3.63) is 33.8 Å². The number of nitrogens with zero attached hydrogens (tertiary/aromatic N) is 1. The van der Waals surface area contributed by atoms with Gasteiger partial charge in [0.1, 0.15) is 0 Å². The van der Waals surface area contributed by atoms with Crippen LogP contribution in [0.2, 0.25) is 0 Å². The van der Waals surface area contributed by atoms with Gasteiger partial charge in [0, 0.05) is 23.1 Å². The van der Waals surface area contributed by atoms with Crippen LogP contribution in [0.1, 0.15) is 15.9 Å². The highest BCUT2D eigenvalue weighted by molar-refractivity contribution is 9.10. The number of carbonyl (C=O) groups is 1. The third-order valence-corrected chi connectivity index (χ3v) is 4.45. The first-order valence-corrected chi connectivity index (χ1v) is 6.52. The highest BCUT2D eigenvalue weighted by Gasteiger charge is 2.50. The SMILES string of the molecule is Cc1cc(C(=O)N2CC3(COC3)C2)ccc1Br. The fourth-order valence-corrected chi connectivity index (χ4v) is 2.69. The summed E-state index contributed by atoms with van der Waals surface area (Å²) in [6.07, 6.45) is 0. The molecule has 0 saturated carbocycles. The number of ether oxygens (including phenoxy) is 1. The highest BCUT2D eigenvalue weighted by atomic mass is 79.9. The van der Waals surface area contributed by atoms with Gasteiger partial charge in [0.2, 0.25) is 0 Å². The Kier molecular flexibility index (Phi) is 2.52. The lowest BCUT2D eigenvalue weighted by atomic mass is 9.78. The number of amides is 1. The molecule has 2 saturated heterocycles. The van der Waals surface area contributed by atoms with E-state index in [0.29, 0.717) is 5.41 Å². The molecule has 1 aromatic carbocycles. The molecular formula is C13H14BrNO2. The monoisotopic (exact) mass is 295 g/mol. The van der Waals surface area contributed by atoms with E-state index < -0.39 is 0 Å². The van der Waals surface area contributed by atoms with Crippen molar-refractivity contribution >= 4 is 21.8 Å². The van der Waals surface area contributed by atoms with Crippen molar-refractivity contribution in [1.29, 1.82) is 0 Å². The summed E-state index contributed by atoms with van der Waals surface area (Å²) in [6.45, 7) is 5.33. The van der Waals surface area contributed by atoms with Crippen molar-refractivity contribution in [1.82, 2.24) is 4.90 Å². The molecule has 1 amide bonds. The highest BCUT2D eigenvalue weighted by Crippen LogP contribution is 2.38. The number of hydrogen-bond donors (Lipinski definition) is 0. The van der Waals surface area contributed by atoms with E-state index in [9.17, 15) is 4.79 Å². The van der Waals surface area contributed by atoms with E-state index >= 15 is 0 Å². The number of aryl methyl sites for hydroxylation is 1. The fourth-order valence-electron chi connectivity index (χ4n) is 2.44. The first-order valence-electron chi connectivity index (χ1n) is 5.73. The van der Waals surface area contributed by atoms with Gasteiger partial charge in [-0.3, -0.25) is 4.79 Å². The van der Waals surface area contributed by atoms with Crippen LogP contribution in [0, 0.1) is 12.3 Å². The van der Waals surface area contributed by atoms with Gasteiger partial charge < -0.3 is 9.64 Å². The van der Waals surface area contributed by atoms with Crippen LogP contribution < -0.4 is 0 Å². The zero-order valence-corrected chi connectivity index (χ0v) is 11.3. The smallest absolute Gasteiger partial charge is 0.253 e. The summed E-state index contributed by atoms with van der Waals surface area (Å²) in [5.41, 5.74) is 2.17. The van der Waals surface area contributed by atoms with Crippen LogP contribution in [-0.4, -0.2) is 37.1 Å². The standard InChI is InChI=1S/C13H14BrNO2/c1-9-4-10(2-3-11(9)14)12(16)15-5-13(6-15)7-17-8-13/h2-4H,5-8H2,1H3. The summed E-state index contributed by atoms with van der Waals surface area (Å²) in [5.74, 6) is 0.137. The Morgan fingerprint density at radius 1 is 1.41 bits per heavy atom. The molecule has 90 valence electrons. The van der Waals surface area contributed by atoms with Gasteiger partial charge in [-0.1, -0.05) is 15.9 Å². The normalized spacial score (nSPS) is 20.9. The largest absolute Gasteiger partial charge is 0.380 e. The Balaban J connectivity index is 1.72. The quantitative estimate of drug-likeness (QED) is 0.795. The third kappa shape index (κ3) is 1.79. The lowest BCUT2D eigenvalue weighted by Crippen LogP contribution is -2.67. The molecule has 0 aliphatic carbocycles. The van der Waals surface area contributed by atoms with Crippen LogP contribution in [0.3, 0.4) is 0 Å². The third-order valence-electron chi connectivity index (χ3n) is 3.56. The maximum atomic E-state index is 12.2. The average Bonchev–Trinajstić information content (AvgIpc) is 2.17. The molecule has 1 spiro atoms. The number of likely N-dealkylation sites (tertiary alicyclic amines) is 1. The van der Waals surface area contributed by atoms with Gasteiger partial charge in [0.25, 0.3) is 5.91 Å². The Morgan fingerprint density at radius 2 is 2.12 bits per heavy atom. The summed E-state index contributed by atoms with van der Waals surface area (Å²) < 4.78 is 6.25. The average molecular weight is 296 g/mol. The number of hydrogen-bond acceptors (Lipinski definition) is 2. The van der Waals surface area contributed by atoms with Gasteiger partial charge in [-0.25, -0.2) is 0 Å². The topological polar surface area (TPSA) is 29.5 Å². The maximum Gasteiger partial charge on any atom is 0.253 e. The van der Waals surface area contributed by atoms with Crippen LogP contribution in [0.4, 0.5) is 0 Å². The summed E-state index contributed by atoms with van der Waals surface area (Å²) in [4.78, 5) is 14.1. The van der Waals surface area contributed by atoms with Crippen molar-refractivity contribution in [3.63, 3.8) is 0 Å². The minimum absolute atomic E-state index is 0.137. The Bertz CT molecular complexity index is 474. The zero-order chi connectivity index (χ0) is 12.0. The predicted molar refractivity (Wildman–Crippen MR) is 68.0 cm³/mol. The Morgan fingerprint density at radius 3 is 2.65 bits per heavy atom. The first kappa shape index (κ1) is 11.2. The molecule has 0 atom stereocenters. The number of halogens is 1. The fraction of sp³-hybridized carbons (Fsp3) is 0.462. The van der Waals surface area contributed by atoms with Crippen LogP contribution in [0.25, 0.3) is 0 Å². The van der Waals surface area contributed by atoms with Gasteiger partial charge >= 0.3 is 0 Å². The summed E-state index contributed by atoms with van der Waals surface area (Å²) >= 11 is 3.44. The van der Waals surface area contributed by atoms with E-state index in [4.69, 9.17) is 4.74 Å². The van der Waals surface area contributed by atoms with Gasteiger partial charge in [-0.05, 0) is 30.7 Å². The van der Waals surface area contributed by atoms with Gasteiger partial charge in [0.05, 0.1) is 18.6 Å². The zero-order valence-electron chi connectivity index (χ0n) is 9.70.